The van der Waals surface area contributed by atoms with Gasteiger partial charge in [-0.3, -0.25) is 4.40 Å². The van der Waals surface area contributed by atoms with Crippen molar-refractivity contribution in [2.24, 2.45) is 0 Å². The van der Waals surface area contributed by atoms with Gasteiger partial charge in [0.25, 0.3) is 0 Å². The van der Waals surface area contributed by atoms with Gasteiger partial charge in [0.1, 0.15) is 11.5 Å². The van der Waals surface area contributed by atoms with Gasteiger partial charge >= 0.3 is 0 Å². The van der Waals surface area contributed by atoms with Crippen LogP contribution < -0.4 is 5.73 Å². The molecule has 74 valence electrons. The second-order valence-corrected chi connectivity index (χ2v) is 3.71. The molecular formula is C10H12ClN3. The molecule has 0 aliphatic rings. The third kappa shape index (κ3) is 1.44. The maximum Gasteiger partial charge on any atom is 0.138 e. The molecule has 0 amide bonds. The van der Waals surface area contributed by atoms with E-state index < -0.39 is 0 Å². The van der Waals surface area contributed by atoms with E-state index in [1.54, 1.807) is 6.20 Å². The molecule has 0 aliphatic carbocycles. The molecule has 0 atom stereocenters. The number of halogens is 1. The summed E-state index contributed by atoms with van der Waals surface area (Å²) >= 11 is 5.87. The number of aryl methyl sites for hydroxylation is 1. The van der Waals surface area contributed by atoms with E-state index >= 15 is 0 Å². The molecule has 0 saturated carbocycles. The first-order valence-electron chi connectivity index (χ1n) is 4.64. The van der Waals surface area contributed by atoms with Crippen molar-refractivity contribution >= 4 is 23.1 Å². The number of aromatic nitrogens is 2. The normalized spacial score (nSPS) is 11.0. The van der Waals surface area contributed by atoms with Gasteiger partial charge in [0.05, 0.1) is 10.7 Å². The van der Waals surface area contributed by atoms with E-state index in [1.807, 2.05) is 16.5 Å². The average molecular weight is 210 g/mol. The number of fused-ring (bicyclic) bond motifs is 1. The zero-order valence-corrected chi connectivity index (χ0v) is 8.75. The molecule has 14 heavy (non-hydrogen) atoms. The first kappa shape index (κ1) is 9.34. The van der Waals surface area contributed by atoms with Crippen molar-refractivity contribution in [1.29, 1.82) is 0 Å². The molecule has 0 unspecified atom stereocenters. The third-order valence-corrected chi connectivity index (χ3v) is 2.41. The molecule has 0 spiro atoms. The maximum atomic E-state index is 5.94. The minimum absolute atomic E-state index is 0.671. The molecule has 2 aromatic heterocycles. The zero-order chi connectivity index (χ0) is 10.1. The molecular weight excluding hydrogens is 198 g/mol. The Balaban J connectivity index is 2.62. The summed E-state index contributed by atoms with van der Waals surface area (Å²) in [4.78, 5) is 4.42. The minimum atomic E-state index is 0.671. The summed E-state index contributed by atoms with van der Waals surface area (Å²) in [5.74, 6) is 0.698. The van der Waals surface area contributed by atoms with Gasteiger partial charge in [-0.15, -0.1) is 0 Å². The van der Waals surface area contributed by atoms with Gasteiger partial charge in [0.2, 0.25) is 0 Å². The van der Waals surface area contributed by atoms with Gasteiger partial charge in [-0.2, -0.15) is 0 Å². The Labute approximate surface area is 87.5 Å². The van der Waals surface area contributed by atoms with Crippen LogP contribution in [0.1, 0.15) is 19.0 Å². The lowest BCUT2D eigenvalue weighted by molar-refractivity contribution is 0.897. The largest absolute Gasteiger partial charge is 0.383 e. The summed E-state index contributed by atoms with van der Waals surface area (Å²) in [7, 11) is 0. The summed E-state index contributed by atoms with van der Waals surface area (Å²) in [6.45, 7) is 2.11. The van der Waals surface area contributed by atoms with E-state index in [2.05, 4.69) is 11.9 Å². The van der Waals surface area contributed by atoms with Gasteiger partial charge in [0, 0.05) is 6.20 Å². The molecule has 2 aromatic rings. The standard InChI is InChI=1S/C10H12ClN3/c1-2-3-8-10(12)14-6-7(11)4-5-9(14)13-8/h4-6H,2-3,12H2,1H3. The maximum absolute atomic E-state index is 5.94. The number of hydrogen-bond acceptors (Lipinski definition) is 2. The van der Waals surface area contributed by atoms with E-state index in [9.17, 15) is 0 Å². The molecule has 2 rings (SSSR count). The first-order valence-corrected chi connectivity index (χ1v) is 5.02. The smallest absolute Gasteiger partial charge is 0.138 e. The van der Waals surface area contributed by atoms with Crippen molar-refractivity contribution in [2.75, 3.05) is 5.73 Å². The van der Waals surface area contributed by atoms with Crippen LogP contribution in [0.3, 0.4) is 0 Å². The predicted molar refractivity (Wildman–Crippen MR) is 58.6 cm³/mol. The highest BCUT2D eigenvalue weighted by atomic mass is 35.5. The van der Waals surface area contributed by atoms with Crippen molar-refractivity contribution in [3.63, 3.8) is 0 Å². The van der Waals surface area contributed by atoms with Gasteiger partial charge in [-0.25, -0.2) is 4.98 Å². The first-order chi connectivity index (χ1) is 6.72. The fraction of sp³-hybridized carbons (Fsp3) is 0.300. The Morgan fingerprint density at radius 2 is 2.29 bits per heavy atom. The average Bonchev–Trinajstić information content (AvgIpc) is 2.46. The molecule has 0 aliphatic heterocycles. The van der Waals surface area contributed by atoms with E-state index in [0.29, 0.717) is 10.8 Å². The Kier molecular flexibility index (Phi) is 2.33. The van der Waals surface area contributed by atoms with Crippen LogP contribution in [0.2, 0.25) is 5.02 Å². The second-order valence-electron chi connectivity index (χ2n) is 3.27. The van der Waals surface area contributed by atoms with Gasteiger partial charge < -0.3 is 5.73 Å². The zero-order valence-electron chi connectivity index (χ0n) is 8.00. The molecule has 4 heteroatoms. The Hall–Kier alpha value is -1.22. The van der Waals surface area contributed by atoms with Crippen LogP contribution in [-0.4, -0.2) is 9.38 Å². The number of hydrogen-bond donors (Lipinski definition) is 1. The number of imidazole rings is 1. The van der Waals surface area contributed by atoms with Crippen LogP contribution >= 0.6 is 11.6 Å². The van der Waals surface area contributed by atoms with Crippen LogP contribution in [-0.2, 0) is 6.42 Å². The van der Waals surface area contributed by atoms with Crippen molar-refractivity contribution < 1.29 is 0 Å². The fourth-order valence-corrected chi connectivity index (χ4v) is 1.67. The van der Waals surface area contributed by atoms with Gasteiger partial charge in [-0.1, -0.05) is 24.9 Å². The quantitative estimate of drug-likeness (QED) is 0.826. The van der Waals surface area contributed by atoms with Gasteiger partial charge in [-0.05, 0) is 18.6 Å². The van der Waals surface area contributed by atoms with Crippen molar-refractivity contribution in [3.05, 3.63) is 29.0 Å². The SMILES string of the molecule is CCCc1nc2ccc(Cl)cn2c1N. The topological polar surface area (TPSA) is 43.3 Å². The number of nitrogens with zero attached hydrogens (tertiary/aromatic N) is 2. The highest BCUT2D eigenvalue weighted by molar-refractivity contribution is 6.30. The summed E-state index contributed by atoms with van der Waals surface area (Å²) in [6, 6.07) is 3.69. The predicted octanol–water partition coefficient (Wildman–Crippen LogP) is 2.52. The van der Waals surface area contributed by atoms with E-state index in [-0.39, 0.29) is 0 Å². The highest BCUT2D eigenvalue weighted by Crippen LogP contribution is 2.19. The van der Waals surface area contributed by atoms with E-state index in [4.69, 9.17) is 17.3 Å². The Bertz CT molecular complexity index is 462. The van der Waals surface area contributed by atoms with E-state index in [0.717, 1.165) is 24.2 Å². The van der Waals surface area contributed by atoms with Crippen LogP contribution in [0.4, 0.5) is 5.82 Å². The molecule has 0 radical (unpaired) electrons. The van der Waals surface area contributed by atoms with Crippen molar-refractivity contribution in [3.8, 4) is 0 Å². The highest BCUT2D eigenvalue weighted by Gasteiger charge is 2.07. The third-order valence-electron chi connectivity index (χ3n) is 2.18. The second kappa shape index (κ2) is 3.50. The summed E-state index contributed by atoms with van der Waals surface area (Å²) < 4.78 is 1.83. The molecule has 0 bridgehead atoms. The Morgan fingerprint density at radius 3 is 3.00 bits per heavy atom. The summed E-state index contributed by atoms with van der Waals surface area (Å²) in [6.07, 6.45) is 3.74. The molecule has 2 heterocycles. The number of nitrogens with two attached hydrogens (primary N) is 1. The number of anilines is 1. The number of pyridine rings is 1. The molecule has 0 aromatic carbocycles. The molecule has 2 N–H and O–H groups in total. The molecule has 0 saturated heterocycles. The molecule has 0 fully saturated rings. The molecule has 3 nitrogen and oxygen atoms in total. The van der Waals surface area contributed by atoms with E-state index in [1.165, 1.54) is 0 Å². The van der Waals surface area contributed by atoms with Crippen LogP contribution in [0, 0.1) is 0 Å². The van der Waals surface area contributed by atoms with Gasteiger partial charge in [0.15, 0.2) is 0 Å². The van der Waals surface area contributed by atoms with Crippen LogP contribution in [0.25, 0.3) is 5.65 Å². The minimum Gasteiger partial charge on any atom is -0.383 e. The summed E-state index contributed by atoms with van der Waals surface area (Å²) in [5, 5.41) is 0.671. The monoisotopic (exact) mass is 209 g/mol. The number of rotatable bonds is 2. The summed E-state index contributed by atoms with van der Waals surface area (Å²) in [5.41, 5.74) is 7.75. The number of nitrogen functional groups attached to an aromatic ring is 1. The van der Waals surface area contributed by atoms with Crippen LogP contribution in [0.5, 0.6) is 0 Å². The lowest BCUT2D eigenvalue weighted by Gasteiger charge is -1.97. The fourth-order valence-electron chi connectivity index (χ4n) is 1.51. The van der Waals surface area contributed by atoms with Crippen molar-refractivity contribution in [2.45, 2.75) is 19.8 Å². The van der Waals surface area contributed by atoms with Crippen LogP contribution in [0.15, 0.2) is 18.3 Å². The lowest BCUT2D eigenvalue weighted by Crippen LogP contribution is -1.95. The Morgan fingerprint density at radius 1 is 1.50 bits per heavy atom. The lowest BCUT2D eigenvalue weighted by atomic mass is 10.2. The van der Waals surface area contributed by atoms with Crippen molar-refractivity contribution in [1.82, 2.24) is 9.38 Å².